The van der Waals surface area contributed by atoms with Crippen molar-refractivity contribution >= 4 is 17.2 Å². The molecule has 1 amide bonds. The van der Waals surface area contributed by atoms with Gasteiger partial charge in [-0.2, -0.15) is 5.10 Å². The Morgan fingerprint density at radius 3 is 2.32 bits per heavy atom. The van der Waals surface area contributed by atoms with Gasteiger partial charge in [0.1, 0.15) is 12.0 Å². The van der Waals surface area contributed by atoms with Crippen LogP contribution in [0.1, 0.15) is 38.2 Å². The number of nitrogens with one attached hydrogen (secondary N) is 2. The molecule has 0 bridgehead atoms. The van der Waals surface area contributed by atoms with Crippen molar-refractivity contribution in [2.75, 3.05) is 19.4 Å². The zero-order chi connectivity index (χ0) is 14.8. The topological polar surface area (TPSA) is 71.3 Å². The van der Waals surface area contributed by atoms with Crippen LogP contribution in [0.4, 0.5) is 5.69 Å². The summed E-state index contributed by atoms with van der Waals surface area (Å²) in [5.41, 5.74) is 1.93. The lowest BCUT2D eigenvalue weighted by molar-refractivity contribution is 0.0956. The van der Waals surface area contributed by atoms with Gasteiger partial charge in [0.15, 0.2) is 5.65 Å². The third-order valence-electron chi connectivity index (χ3n) is 2.15. The smallest absolute Gasteiger partial charge is 0.269 e. The van der Waals surface area contributed by atoms with Gasteiger partial charge in [0.05, 0.1) is 5.69 Å². The molecule has 0 fully saturated rings. The first-order chi connectivity index (χ1) is 9.27. The second kappa shape index (κ2) is 8.91. The van der Waals surface area contributed by atoms with Gasteiger partial charge >= 0.3 is 0 Å². The lowest BCUT2D eigenvalue weighted by Gasteiger charge is -2.05. The predicted molar refractivity (Wildman–Crippen MR) is 78.6 cm³/mol. The third kappa shape index (κ3) is 3.67. The van der Waals surface area contributed by atoms with E-state index in [-0.39, 0.29) is 5.91 Å². The van der Waals surface area contributed by atoms with Crippen LogP contribution >= 0.6 is 0 Å². The fourth-order valence-corrected chi connectivity index (χ4v) is 1.40. The number of amides is 1. The van der Waals surface area contributed by atoms with Crippen molar-refractivity contribution in [1.29, 1.82) is 0 Å². The molecule has 2 heterocycles. The lowest BCUT2D eigenvalue weighted by atomic mass is 10.3. The van der Waals surface area contributed by atoms with Crippen LogP contribution in [0.3, 0.4) is 0 Å². The molecule has 2 N–H and O–H groups in total. The molecule has 0 aliphatic rings. The summed E-state index contributed by atoms with van der Waals surface area (Å²) in [6, 6.07) is 3.50. The van der Waals surface area contributed by atoms with E-state index >= 15 is 0 Å². The Balaban J connectivity index is 0.000000741. The van der Waals surface area contributed by atoms with E-state index in [0.717, 1.165) is 5.69 Å². The van der Waals surface area contributed by atoms with Crippen LogP contribution in [0, 0.1) is 0 Å². The molecule has 0 atom stereocenters. The standard InChI is InChI=1S/C9H11N5O.2C2H6/c1-10-6-3-4-7(9(15)11-2)14-8(6)12-5-13-14;2*1-2/h3-5,10H,1-2H3,(H,11,15);2*1-2H3. The average Bonchev–Trinajstić information content (AvgIpc) is 2.99. The molecule has 0 saturated carbocycles. The highest BCUT2D eigenvalue weighted by Crippen LogP contribution is 2.15. The molecule has 0 radical (unpaired) electrons. The highest BCUT2D eigenvalue weighted by Gasteiger charge is 2.11. The maximum atomic E-state index is 11.5. The van der Waals surface area contributed by atoms with Crippen molar-refractivity contribution in [2.45, 2.75) is 27.7 Å². The Hall–Kier alpha value is -2.11. The second-order valence-corrected chi connectivity index (χ2v) is 2.96. The number of hydrogen-bond acceptors (Lipinski definition) is 4. The number of rotatable bonds is 2. The molecular formula is C13H23N5O. The van der Waals surface area contributed by atoms with Crippen molar-refractivity contribution in [1.82, 2.24) is 19.9 Å². The van der Waals surface area contributed by atoms with Gasteiger partial charge in [-0.15, -0.1) is 0 Å². The highest BCUT2D eigenvalue weighted by atomic mass is 16.1. The minimum Gasteiger partial charge on any atom is -0.385 e. The van der Waals surface area contributed by atoms with Gasteiger partial charge in [-0.25, -0.2) is 9.50 Å². The molecule has 0 aliphatic carbocycles. The molecule has 0 saturated heterocycles. The Morgan fingerprint density at radius 2 is 1.79 bits per heavy atom. The number of anilines is 1. The van der Waals surface area contributed by atoms with E-state index in [1.165, 1.54) is 10.8 Å². The number of hydrogen-bond donors (Lipinski definition) is 2. The summed E-state index contributed by atoms with van der Waals surface area (Å²) < 4.78 is 1.50. The van der Waals surface area contributed by atoms with Gasteiger partial charge in [-0.3, -0.25) is 4.79 Å². The van der Waals surface area contributed by atoms with Crippen LogP contribution in [0.25, 0.3) is 5.65 Å². The highest BCUT2D eigenvalue weighted by molar-refractivity contribution is 5.93. The fraction of sp³-hybridized carbons (Fsp3) is 0.462. The van der Waals surface area contributed by atoms with Crippen LogP contribution in [-0.2, 0) is 0 Å². The summed E-state index contributed by atoms with van der Waals surface area (Å²) in [5.74, 6) is -0.187. The predicted octanol–water partition coefficient (Wildman–Crippen LogP) is 2.18. The Morgan fingerprint density at radius 1 is 1.16 bits per heavy atom. The van der Waals surface area contributed by atoms with Gasteiger partial charge in [0.25, 0.3) is 5.91 Å². The van der Waals surface area contributed by atoms with Gasteiger partial charge in [-0.05, 0) is 12.1 Å². The molecule has 2 aromatic rings. The van der Waals surface area contributed by atoms with E-state index in [0.29, 0.717) is 11.3 Å². The second-order valence-electron chi connectivity index (χ2n) is 2.96. The fourth-order valence-electron chi connectivity index (χ4n) is 1.40. The molecule has 2 rings (SSSR count). The summed E-state index contributed by atoms with van der Waals surface area (Å²) in [6.07, 6.45) is 1.42. The van der Waals surface area contributed by atoms with Crippen LogP contribution in [0.2, 0.25) is 0 Å². The number of carbonyl (C=O) groups is 1. The first-order valence-corrected chi connectivity index (χ1v) is 6.50. The van der Waals surface area contributed by atoms with Gasteiger partial charge in [0, 0.05) is 14.1 Å². The maximum Gasteiger partial charge on any atom is 0.269 e. The monoisotopic (exact) mass is 265 g/mol. The van der Waals surface area contributed by atoms with Crippen LogP contribution in [0.5, 0.6) is 0 Å². The van der Waals surface area contributed by atoms with Crippen molar-refractivity contribution < 1.29 is 4.79 Å². The summed E-state index contributed by atoms with van der Waals surface area (Å²) in [7, 11) is 3.38. The van der Waals surface area contributed by atoms with Crippen molar-refractivity contribution in [3.63, 3.8) is 0 Å². The van der Waals surface area contributed by atoms with Crippen molar-refractivity contribution in [2.24, 2.45) is 0 Å². The van der Waals surface area contributed by atoms with Crippen molar-refractivity contribution in [3.8, 4) is 0 Å². The third-order valence-corrected chi connectivity index (χ3v) is 2.15. The molecule has 0 unspecified atom stereocenters. The average molecular weight is 265 g/mol. The first-order valence-electron chi connectivity index (χ1n) is 6.50. The minimum atomic E-state index is -0.187. The van der Waals surface area contributed by atoms with Gasteiger partial charge < -0.3 is 10.6 Å². The molecule has 0 spiro atoms. The van der Waals surface area contributed by atoms with Gasteiger partial charge in [-0.1, -0.05) is 27.7 Å². The molecule has 2 aromatic heterocycles. The zero-order valence-electron chi connectivity index (χ0n) is 12.5. The molecule has 6 nitrogen and oxygen atoms in total. The Bertz CT molecular complexity index is 507. The maximum absolute atomic E-state index is 11.5. The minimum absolute atomic E-state index is 0.187. The lowest BCUT2D eigenvalue weighted by Crippen LogP contribution is -2.21. The first kappa shape index (κ1) is 16.9. The number of nitrogens with zero attached hydrogens (tertiary/aromatic N) is 3. The SMILES string of the molecule is CC.CC.CNC(=O)c1ccc(NC)c2ncnn12. The Kier molecular flexibility index (Phi) is 7.92. The van der Waals surface area contributed by atoms with E-state index in [2.05, 4.69) is 20.7 Å². The van der Waals surface area contributed by atoms with Gasteiger partial charge in [0.2, 0.25) is 0 Å². The largest absolute Gasteiger partial charge is 0.385 e. The quantitative estimate of drug-likeness (QED) is 0.873. The Labute approximate surface area is 114 Å². The summed E-state index contributed by atoms with van der Waals surface area (Å²) in [5, 5.41) is 9.54. The van der Waals surface area contributed by atoms with E-state index in [4.69, 9.17) is 0 Å². The molecule has 0 aromatic carbocycles. The normalized spacial score (nSPS) is 8.74. The number of carbonyl (C=O) groups excluding carboxylic acids is 1. The summed E-state index contributed by atoms with van der Waals surface area (Å²) in [4.78, 5) is 15.6. The number of aromatic nitrogens is 3. The number of pyridine rings is 1. The molecular weight excluding hydrogens is 242 g/mol. The molecule has 6 heteroatoms. The van der Waals surface area contributed by atoms with Crippen LogP contribution in [0.15, 0.2) is 18.5 Å². The van der Waals surface area contributed by atoms with E-state index < -0.39 is 0 Å². The van der Waals surface area contributed by atoms with E-state index in [1.807, 2.05) is 27.7 Å². The van der Waals surface area contributed by atoms with E-state index in [9.17, 15) is 4.79 Å². The molecule has 19 heavy (non-hydrogen) atoms. The number of fused-ring (bicyclic) bond motifs is 1. The van der Waals surface area contributed by atoms with Crippen LogP contribution < -0.4 is 10.6 Å². The van der Waals surface area contributed by atoms with Crippen molar-refractivity contribution in [3.05, 3.63) is 24.2 Å². The summed E-state index contributed by atoms with van der Waals surface area (Å²) >= 11 is 0. The van der Waals surface area contributed by atoms with E-state index in [1.54, 1.807) is 26.2 Å². The molecule has 0 aliphatic heterocycles. The molecule has 106 valence electrons. The summed E-state index contributed by atoms with van der Waals surface area (Å²) in [6.45, 7) is 8.00. The zero-order valence-corrected chi connectivity index (χ0v) is 12.5. The van der Waals surface area contributed by atoms with Crippen LogP contribution in [-0.4, -0.2) is 34.6 Å².